The van der Waals surface area contributed by atoms with Crippen LogP contribution in [-0.2, 0) is 23.6 Å². The molecule has 28 heavy (non-hydrogen) atoms. The molecule has 1 heterocycles. The van der Waals surface area contributed by atoms with Crippen molar-refractivity contribution in [3.63, 3.8) is 0 Å². The Labute approximate surface area is 158 Å². The molecule has 0 bridgehead atoms. The number of aromatic nitrogens is 2. The molecule has 0 atom stereocenters. The molecule has 0 unspecified atom stereocenters. The largest absolute Gasteiger partial charge is 0.416 e. The first-order valence-corrected chi connectivity index (χ1v) is 8.31. The second-order valence-electron chi connectivity index (χ2n) is 5.28. The number of carbonyl (C=O) groups excluding carboxylic acids is 1. The lowest BCUT2D eigenvalue weighted by atomic mass is 10.0. The summed E-state index contributed by atoms with van der Waals surface area (Å²) in [5, 5.41) is 19.2. The van der Waals surface area contributed by atoms with Gasteiger partial charge in [-0.15, -0.1) is 10.2 Å². The van der Waals surface area contributed by atoms with Gasteiger partial charge in [0.1, 0.15) is 16.6 Å². The van der Waals surface area contributed by atoms with Gasteiger partial charge >= 0.3 is 12.4 Å². The van der Waals surface area contributed by atoms with Gasteiger partial charge in [0.15, 0.2) is 0 Å². The molecule has 1 aromatic heterocycles. The molecule has 148 valence electrons. The fourth-order valence-electron chi connectivity index (χ4n) is 2.03. The zero-order valence-corrected chi connectivity index (χ0v) is 14.8. The Bertz CT molecular complexity index is 955. The average molecular weight is 420 g/mol. The van der Waals surface area contributed by atoms with Gasteiger partial charge in [-0.3, -0.25) is 10.1 Å². The molecule has 0 fully saturated rings. The lowest BCUT2D eigenvalue weighted by Gasteiger charge is -2.14. The average Bonchev–Trinajstić information content (AvgIpc) is 3.05. The summed E-state index contributed by atoms with van der Waals surface area (Å²) in [7, 11) is 0. The number of carbonyl (C=O) groups is 1. The van der Waals surface area contributed by atoms with Crippen molar-refractivity contribution in [2.45, 2.75) is 25.7 Å². The molecule has 0 spiro atoms. The highest BCUT2D eigenvalue weighted by atomic mass is 32.1. The number of nitrogens with zero attached hydrogens (tertiary/aromatic N) is 3. The van der Waals surface area contributed by atoms with Gasteiger partial charge in [-0.1, -0.05) is 18.3 Å². The topological polar surface area (TPSA) is 78.7 Å². The number of aryl methyl sites for hydroxylation is 1. The van der Waals surface area contributed by atoms with Crippen LogP contribution in [0, 0.1) is 11.3 Å². The van der Waals surface area contributed by atoms with Crippen LogP contribution in [0.2, 0.25) is 0 Å². The monoisotopic (exact) mass is 420 g/mol. The van der Waals surface area contributed by atoms with Crippen LogP contribution in [0.15, 0.2) is 23.8 Å². The number of nitrogens with one attached hydrogen (secondary N) is 1. The van der Waals surface area contributed by atoms with Gasteiger partial charge in [-0.05, 0) is 36.3 Å². The van der Waals surface area contributed by atoms with Crippen LogP contribution in [-0.4, -0.2) is 16.1 Å². The van der Waals surface area contributed by atoms with E-state index in [1.807, 2.05) is 0 Å². The van der Waals surface area contributed by atoms with Crippen LogP contribution in [0.4, 0.5) is 31.5 Å². The van der Waals surface area contributed by atoms with E-state index in [1.165, 1.54) is 6.07 Å². The zero-order chi connectivity index (χ0) is 21.1. The first-order valence-electron chi connectivity index (χ1n) is 7.49. The minimum absolute atomic E-state index is 0.00286. The highest BCUT2D eigenvalue weighted by Crippen LogP contribution is 2.37. The summed E-state index contributed by atoms with van der Waals surface area (Å²) in [6.07, 6.45) is -8.91. The van der Waals surface area contributed by atoms with E-state index in [2.05, 4.69) is 15.5 Å². The van der Waals surface area contributed by atoms with Gasteiger partial charge in [0, 0.05) is 0 Å². The molecule has 12 heteroatoms. The first kappa shape index (κ1) is 21.4. The van der Waals surface area contributed by atoms with Gasteiger partial charge < -0.3 is 0 Å². The maximum Gasteiger partial charge on any atom is 0.416 e. The van der Waals surface area contributed by atoms with E-state index in [-0.39, 0.29) is 23.3 Å². The second-order valence-corrected chi connectivity index (χ2v) is 6.34. The summed E-state index contributed by atoms with van der Waals surface area (Å²) in [6.45, 7) is 1.78. The smallest absolute Gasteiger partial charge is 0.296 e. The molecule has 1 aromatic carbocycles. The van der Waals surface area contributed by atoms with E-state index < -0.39 is 40.5 Å². The van der Waals surface area contributed by atoms with E-state index in [4.69, 9.17) is 5.26 Å². The summed E-state index contributed by atoms with van der Waals surface area (Å²) in [6, 6.07) is 2.14. The summed E-state index contributed by atoms with van der Waals surface area (Å²) in [4.78, 5) is 12.1. The number of amides is 1. The number of anilines is 1. The van der Waals surface area contributed by atoms with E-state index >= 15 is 0 Å². The molecular formula is C16H10F6N4OS. The molecular weight excluding hydrogens is 410 g/mol. The fraction of sp³-hybridized carbons (Fsp3) is 0.250. The fourth-order valence-corrected chi connectivity index (χ4v) is 2.71. The standard InChI is InChI=1S/C16H10F6N4OS/c1-2-12-25-26-14(28-12)24-13(27)9(7-23)5-8-6-10(15(17,18)19)3-4-11(8)16(20,21)22/h3-6H,2H2,1H3,(H,24,26,27). The summed E-state index contributed by atoms with van der Waals surface area (Å²) in [5.74, 6) is -1.12. The molecule has 5 nitrogen and oxygen atoms in total. The van der Waals surface area contributed by atoms with Crippen LogP contribution < -0.4 is 5.32 Å². The van der Waals surface area contributed by atoms with Crippen LogP contribution in [0.1, 0.15) is 28.6 Å². The van der Waals surface area contributed by atoms with Crippen molar-refractivity contribution in [1.29, 1.82) is 5.26 Å². The van der Waals surface area contributed by atoms with Gasteiger partial charge in [0.05, 0.1) is 11.1 Å². The van der Waals surface area contributed by atoms with E-state index in [9.17, 15) is 31.1 Å². The van der Waals surface area contributed by atoms with Crippen molar-refractivity contribution in [2.75, 3.05) is 5.32 Å². The van der Waals surface area contributed by atoms with E-state index in [0.717, 1.165) is 11.3 Å². The van der Waals surface area contributed by atoms with Gasteiger partial charge in [-0.25, -0.2) is 0 Å². The van der Waals surface area contributed by atoms with Crippen molar-refractivity contribution in [2.24, 2.45) is 0 Å². The highest BCUT2D eigenvalue weighted by Gasteiger charge is 2.36. The Balaban J connectivity index is 2.46. The second kappa shape index (κ2) is 7.97. The number of nitriles is 1. The van der Waals surface area contributed by atoms with Crippen molar-refractivity contribution in [3.05, 3.63) is 45.5 Å². The van der Waals surface area contributed by atoms with Crippen molar-refractivity contribution < 1.29 is 31.1 Å². The van der Waals surface area contributed by atoms with Crippen LogP contribution >= 0.6 is 11.3 Å². The maximum atomic E-state index is 13.1. The summed E-state index contributed by atoms with van der Waals surface area (Å²) in [5.41, 5.74) is -4.54. The Morgan fingerprint density at radius 1 is 1.21 bits per heavy atom. The molecule has 1 N–H and O–H groups in total. The molecule has 0 radical (unpaired) electrons. The van der Waals surface area contributed by atoms with Gasteiger partial charge in [0.2, 0.25) is 5.13 Å². The molecule has 0 saturated heterocycles. The third kappa shape index (κ3) is 5.07. The molecule has 0 aliphatic heterocycles. The zero-order valence-electron chi connectivity index (χ0n) is 13.9. The number of benzene rings is 1. The summed E-state index contributed by atoms with van der Waals surface area (Å²) < 4.78 is 77.8. The Hall–Kier alpha value is -2.94. The van der Waals surface area contributed by atoms with Crippen molar-refractivity contribution in [3.8, 4) is 6.07 Å². The molecule has 0 aliphatic carbocycles. The van der Waals surface area contributed by atoms with Crippen molar-refractivity contribution >= 4 is 28.5 Å². The molecule has 0 aliphatic rings. The van der Waals surface area contributed by atoms with Gasteiger partial charge in [-0.2, -0.15) is 31.6 Å². The number of alkyl halides is 6. The predicted octanol–water partition coefficient (Wildman–Crippen LogP) is 4.68. The number of rotatable bonds is 4. The summed E-state index contributed by atoms with van der Waals surface area (Å²) >= 11 is 0.989. The lowest BCUT2D eigenvalue weighted by molar-refractivity contribution is -0.141. The maximum absolute atomic E-state index is 13.1. The minimum Gasteiger partial charge on any atom is -0.296 e. The predicted molar refractivity (Wildman–Crippen MR) is 88.0 cm³/mol. The molecule has 0 saturated carbocycles. The number of hydrogen-bond acceptors (Lipinski definition) is 5. The Morgan fingerprint density at radius 2 is 1.89 bits per heavy atom. The van der Waals surface area contributed by atoms with Crippen molar-refractivity contribution in [1.82, 2.24) is 10.2 Å². The number of hydrogen-bond donors (Lipinski definition) is 1. The quantitative estimate of drug-likeness (QED) is 0.443. The Kier molecular flexibility index (Phi) is 6.08. The van der Waals surface area contributed by atoms with Crippen LogP contribution in [0.3, 0.4) is 0 Å². The molecule has 1 amide bonds. The van der Waals surface area contributed by atoms with E-state index in [0.29, 0.717) is 17.5 Å². The van der Waals surface area contributed by atoms with Gasteiger partial charge in [0.25, 0.3) is 5.91 Å². The molecule has 2 aromatic rings. The lowest BCUT2D eigenvalue weighted by Crippen LogP contribution is -2.15. The SMILES string of the molecule is CCc1nnc(NC(=O)C(C#N)=Cc2cc(C(F)(F)F)ccc2C(F)(F)F)s1. The van der Waals surface area contributed by atoms with E-state index in [1.54, 1.807) is 6.92 Å². The first-order chi connectivity index (χ1) is 13.0. The number of halogens is 6. The minimum atomic E-state index is -4.98. The third-order valence-electron chi connectivity index (χ3n) is 3.34. The Morgan fingerprint density at radius 3 is 2.39 bits per heavy atom. The van der Waals surface area contributed by atoms with Crippen LogP contribution in [0.25, 0.3) is 6.08 Å². The third-order valence-corrected chi connectivity index (χ3v) is 4.32. The highest BCUT2D eigenvalue weighted by molar-refractivity contribution is 7.15. The normalized spacial score (nSPS) is 12.6. The molecule has 2 rings (SSSR count). The van der Waals surface area contributed by atoms with Crippen LogP contribution in [0.5, 0.6) is 0 Å².